The summed E-state index contributed by atoms with van der Waals surface area (Å²) in [6, 6.07) is 0.628. The second-order valence-corrected chi connectivity index (χ2v) is 7.14. The van der Waals surface area contributed by atoms with E-state index in [2.05, 4.69) is 34.0 Å². The van der Waals surface area contributed by atoms with Gasteiger partial charge in [0.2, 0.25) is 0 Å². The van der Waals surface area contributed by atoms with Gasteiger partial charge in [-0.3, -0.25) is 9.89 Å². The Morgan fingerprint density at radius 2 is 2.24 bits per heavy atom. The molecule has 21 heavy (non-hydrogen) atoms. The van der Waals surface area contributed by atoms with Crippen LogP contribution < -0.4 is 5.32 Å². The summed E-state index contributed by atoms with van der Waals surface area (Å²) in [5, 5.41) is 13.8. The summed E-state index contributed by atoms with van der Waals surface area (Å²) in [6.45, 7) is 9.37. The molecule has 2 heterocycles. The highest BCUT2D eigenvalue weighted by Gasteiger charge is 2.33. The van der Waals surface area contributed by atoms with Gasteiger partial charge in [-0.05, 0) is 31.7 Å². The van der Waals surface area contributed by atoms with Crippen LogP contribution in [0.3, 0.4) is 0 Å². The molecule has 6 heteroatoms. The number of likely N-dealkylation sites (N-methyl/N-ethyl adjacent to an activating group) is 1. The predicted molar refractivity (Wildman–Crippen MR) is 91.2 cm³/mol. The van der Waals surface area contributed by atoms with E-state index in [0.717, 1.165) is 50.1 Å². The van der Waals surface area contributed by atoms with Gasteiger partial charge in [-0.25, -0.2) is 0 Å². The van der Waals surface area contributed by atoms with Gasteiger partial charge in [0.15, 0.2) is 5.96 Å². The van der Waals surface area contributed by atoms with Crippen LogP contribution in [0.2, 0.25) is 0 Å². The first-order valence-corrected chi connectivity index (χ1v) is 9.27. The molecule has 0 bridgehead atoms. The number of nitrogens with zero attached hydrogens (tertiary/aromatic N) is 3. The molecule has 2 atom stereocenters. The standard InChI is InChI=1S/C15H30N4OS/c1-4-18(5-2)13-6-8-19(10-13)14(16-3)17-11-15(20)7-9-21-12-15/h13,20H,4-12H2,1-3H3,(H,16,17). The van der Waals surface area contributed by atoms with E-state index in [0.29, 0.717) is 12.6 Å². The molecule has 0 aromatic heterocycles. The van der Waals surface area contributed by atoms with Crippen LogP contribution in [0.25, 0.3) is 0 Å². The summed E-state index contributed by atoms with van der Waals surface area (Å²) in [7, 11) is 1.83. The SMILES string of the molecule is CCN(CC)C1CCN(C(=NC)NCC2(O)CCSC2)C1. The van der Waals surface area contributed by atoms with Crippen LogP contribution in [0.4, 0.5) is 0 Å². The molecule has 2 fully saturated rings. The van der Waals surface area contributed by atoms with E-state index in [-0.39, 0.29) is 0 Å². The minimum atomic E-state index is -0.557. The lowest BCUT2D eigenvalue weighted by atomic mass is 10.0. The van der Waals surface area contributed by atoms with Gasteiger partial charge in [0.05, 0.1) is 5.60 Å². The Morgan fingerprint density at radius 3 is 2.81 bits per heavy atom. The van der Waals surface area contributed by atoms with Crippen LogP contribution >= 0.6 is 11.8 Å². The molecule has 2 aliphatic heterocycles. The van der Waals surface area contributed by atoms with Crippen molar-refractivity contribution in [2.45, 2.75) is 38.3 Å². The van der Waals surface area contributed by atoms with Crippen molar-refractivity contribution in [1.29, 1.82) is 0 Å². The summed E-state index contributed by atoms with van der Waals surface area (Å²) in [5.41, 5.74) is -0.557. The molecule has 122 valence electrons. The van der Waals surface area contributed by atoms with Gasteiger partial charge < -0.3 is 15.3 Å². The van der Waals surface area contributed by atoms with Gasteiger partial charge in [0, 0.05) is 38.5 Å². The molecule has 0 radical (unpaired) electrons. The van der Waals surface area contributed by atoms with E-state index < -0.39 is 5.60 Å². The smallest absolute Gasteiger partial charge is 0.193 e. The lowest BCUT2D eigenvalue weighted by Crippen LogP contribution is -2.49. The highest BCUT2D eigenvalue weighted by Crippen LogP contribution is 2.27. The number of likely N-dealkylation sites (tertiary alicyclic amines) is 1. The summed E-state index contributed by atoms with van der Waals surface area (Å²) in [4.78, 5) is 9.25. The van der Waals surface area contributed by atoms with Crippen molar-refractivity contribution in [2.24, 2.45) is 4.99 Å². The van der Waals surface area contributed by atoms with E-state index in [1.165, 1.54) is 6.42 Å². The van der Waals surface area contributed by atoms with Crippen LogP contribution in [0.1, 0.15) is 26.7 Å². The van der Waals surface area contributed by atoms with Crippen molar-refractivity contribution in [3.63, 3.8) is 0 Å². The molecule has 2 N–H and O–H groups in total. The third-order valence-corrected chi connectivity index (χ3v) is 5.90. The van der Waals surface area contributed by atoms with E-state index in [4.69, 9.17) is 0 Å². The molecule has 0 aliphatic carbocycles. The van der Waals surface area contributed by atoms with Crippen molar-refractivity contribution < 1.29 is 5.11 Å². The fourth-order valence-electron chi connectivity index (χ4n) is 3.28. The summed E-state index contributed by atoms with van der Waals surface area (Å²) in [5.74, 6) is 2.83. The lowest BCUT2D eigenvalue weighted by molar-refractivity contribution is 0.0718. The van der Waals surface area contributed by atoms with Crippen molar-refractivity contribution in [2.75, 3.05) is 51.3 Å². The maximum Gasteiger partial charge on any atom is 0.193 e. The Labute approximate surface area is 133 Å². The topological polar surface area (TPSA) is 51.1 Å². The average molecular weight is 314 g/mol. The van der Waals surface area contributed by atoms with Crippen LogP contribution in [0.15, 0.2) is 4.99 Å². The monoisotopic (exact) mass is 314 g/mol. The van der Waals surface area contributed by atoms with Crippen LogP contribution in [-0.4, -0.2) is 83.8 Å². The molecule has 2 unspecified atom stereocenters. The summed E-state index contributed by atoms with van der Waals surface area (Å²) >= 11 is 1.83. The fraction of sp³-hybridized carbons (Fsp3) is 0.933. The quantitative estimate of drug-likeness (QED) is 0.582. The number of rotatable bonds is 5. The number of nitrogens with one attached hydrogen (secondary N) is 1. The molecule has 0 saturated carbocycles. The highest BCUT2D eigenvalue weighted by molar-refractivity contribution is 7.99. The van der Waals surface area contributed by atoms with Crippen molar-refractivity contribution in [3.8, 4) is 0 Å². The fourth-order valence-corrected chi connectivity index (χ4v) is 4.58. The third kappa shape index (κ3) is 4.27. The predicted octanol–water partition coefficient (Wildman–Crippen LogP) is 0.846. The molecular weight excluding hydrogens is 284 g/mol. The number of aliphatic imine (C=N–C) groups is 1. The van der Waals surface area contributed by atoms with Crippen LogP contribution in [0, 0.1) is 0 Å². The Bertz CT molecular complexity index is 354. The largest absolute Gasteiger partial charge is 0.387 e. The highest BCUT2D eigenvalue weighted by atomic mass is 32.2. The molecule has 2 rings (SSSR count). The van der Waals surface area contributed by atoms with E-state index in [1.807, 2.05) is 18.8 Å². The molecule has 2 saturated heterocycles. The zero-order chi connectivity index (χ0) is 15.3. The summed E-state index contributed by atoms with van der Waals surface area (Å²) in [6.07, 6.45) is 2.08. The maximum absolute atomic E-state index is 10.4. The molecule has 0 aromatic rings. The van der Waals surface area contributed by atoms with Gasteiger partial charge in [0.25, 0.3) is 0 Å². The Balaban J connectivity index is 1.85. The number of hydrogen-bond donors (Lipinski definition) is 2. The van der Waals surface area contributed by atoms with E-state index in [1.54, 1.807) is 0 Å². The number of aliphatic hydroxyl groups is 1. The molecule has 0 amide bonds. The first kappa shape index (κ1) is 16.9. The molecule has 0 spiro atoms. The van der Waals surface area contributed by atoms with Crippen LogP contribution in [-0.2, 0) is 0 Å². The minimum absolute atomic E-state index is 0.557. The van der Waals surface area contributed by atoms with Crippen molar-refractivity contribution >= 4 is 17.7 Å². The number of guanidine groups is 1. The first-order chi connectivity index (χ1) is 10.1. The lowest BCUT2D eigenvalue weighted by Gasteiger charge is -2.29. The van der Waals surface area contributed by atoms with Crippen LogP contribution in [0.5, 0.6) is 0 Å². The van der Waals surface area contributed by atoms with Gasteiger partial charge in [0.1, 0.15) is 0 Å². The zero-order valence-electron chi connectivity index (χ0n) is 13.6. The Hall–Kier alpha value is -0.460. The van der Waals surface area contributed by atoms with Gasteiger partial charge in [-0.2, -0.15) is 11.8 Å². The average Bonchev–Trinajstić information content (AvgIpc) is 3.12. The van der Waals surface area contributed by atoms with E-state index >= 15 is 0 Å². The zero-order valence-corrected chi connectivity index (χ0v) is 14.5. The van der Waals surface area contributed by atoms with Gasteiger partial charge in [-0.15, -0.1) is 0 Å². The second kappa shape index (κ2) is 7.70. The van der Waals surface area contributed by atoms with Gasteiger partial charge >= 0.3 is 0 Å². The molecule has 2 aliphatic rings. The molecular formula is C15H30N4OS. The third-order valence-electron chi connectivity index (χ3n) is 4.66. The second-order valence-electron chi connectivity index (χ2n) is 6.04. The summed E-state index contributed by atoms with van der Waals surface area (Å²) < 4.78 is 0. The van der Waals surface area contributed by atoms with Crippen molar-refractivity contribution in [3.05, 3.63) is 0 Å². The first-order valence-electron chi connectivity index (χ1n) is 8.11. The van der Waals surface area contributed by atoms with Crippen molar-refractivity contribution in [1.82, 2.24) is 15.1 Å². The number of thioether (sulfide) groups is 1. The van der Waals surface area contributed by atoms with Gasteiger partial charge in [-0.1, -0.05) is 13.8 Å². The number of hydrogen-bond acceptors (Lipinski definition) is 4. The Kier molecular flexibility index (Phi) is 6.20. The molecule has 5 nitrogen and oxygen atoms in total. The maximum atomic E-state index is 10.4. The normalized spacial score (nSPS) is 30.4. The minimum Gasteiger partial charge on any atom is -0.387 e. The van der Waals surface area contributed by atoms with E-state index in [9.17, 15) is 5.11 Å². The Morgan fingerprint density at radius 1 is 1.48 bits per heavy atom. The molecule has 0 aromatic carbocycles.